The van der Waals surface area contributed by atoms with Crippen LogP contribution < -0.4 is 5.32 Å². The predicted octanol–water partition coefficient (Wildman–Crippen LogP) is 4.05. The number of thiazole rings is 1. The van der Waals surface area contributed by atoms with Gasteiger partial charge in [0.05, 0.1) is 30.2 Å². The summed E-state index contributed by atoms with van der Waals surface area (Å²) < 4.78 is 12.3. The molecule has 1 aliphatic rings. The van der Waals surface area contributed by atoms with E-state index < -0.39 is 5.97 Å². The molecule has 0 bridgehead atoms. The van der Waals surface area contributed by atoms with Crippen molar-refractivity contribution < 1.29 is 19.1 Å². The molecular weight excluding hydrogens is 402 g/mol. The van der Waals surface area contributed by atoms with Crippen LogP contribution in [0.4, 0.5) is 0 Å². The smallest absolute Gasteiger partial charge is 0.367 e. The minimum Gasteiger partial charge on any atom is -0.461 e. The number of esters is 1. The molecule has 2 heterocycles. The van der Waals surface area contributed by atoms with E-state index in [-0.39, 0.29) is 5.91 Å². The van der Waals surface area contributed by atoms with Gasteiger partial charge in [0, 0.05) is 31.3 Å². The Morgan fingerprint density at radius 3 is 2.77 bits per heavy atom. The third-order valence-corrected chi connectivity index (χ3v) is 6.45. The van der Waals surface area contributed by atoms with Crippen LogP contribution in [0.15, 0.2) is 11.4 Å². The van der Waals surface area contributed by atoms with Crippen LogP contribution in [-0.4, -0.2) is 48.3 Å². The van der Waals surface area contributed by atoms with Gasteiger partial charge in [0.2, 0.25) is 5.01 Å². The number of nitrogens with zero attached hydrogens (tertiary/aromatic N) is 2. The molecule has 0 unspecified atom stereocenters. The van der Waals surface area contributed by atoms with E-state index in [4.69, 9.17) is 9.47 Å². The van der Waals surface area contributed by atoms with Crippen molar-refractivity contribution in [2.75, 3.05) is 26.9 Å². The number of amides is 1. The fraction of sp³-hybridized carbons (Fsp3) is 0.591. The Labute approximate surface area is 181 Å². The van der Waals surface area contributed by atoms with Crippen LogP contribution in [0.2, 0.25) is 0 Å². The standard InChI is InChI=1S/C22H31N3O4S/c1-4-29-22(27)21-24-18(14-30-21)19-12-17(15(2)25(19)10-11-28-3)20(26)23-13-16-8-6-5-7-9-16/h12,14,16H,4-11,13H2,1-3H3,(H,23,26). The predicted molar refractivity (Wildman–Crippen MR) is 117 cm³/mol. The molecule has 1 N–H and O–H groups in total. The summed E-state index contributed by atoms with van der Waals surface area (Å²) >= 11 is 1.25. The number of carbonyl (C=O) groups is 2. The number of hydrogen-bond acceptors (Lipinski definition) is 6. The maximum Gasteiger partial charge on any atom is 0.367 e. The van der Waals surface area contributed by atoms with E-state index in [2.05, 4.69) is 10.3 Å². The van der Waals surface area contributed by atoms with Crippen LogP contribution >= 0.6 is 11.3 Å². The molecule has 164 valence electrons. The Hall–Kier alpha value is -2.19. The molecule has 7 nitrogen and oxygen atoms in total. The van der Waals surface area contributed by atoms with Gasteiger partial charge in [0.25, 0.3) is 5.91 Å². The zero-order valence-corrected chi connectivity index (χ0v) is 18.8. The van der Waals surface area contributed by atoms with Crippen LogP contribution in [0, 0.1) is 12.8 Å². The number of aromatic nitrogens is 2. The average molecular weight is 434 g/mol. The Morgan fingerprint density at radius 2 is 2.07 bits per heavy atom. The molecule has 0 spiro atoms. The average Bonchev–Trinajstić information content (AvgIpc) is 3.36. The summed E-state index contributed by atoms with van der Waals surface area (Å²) in [6, 6.07) is 1.87. The summed E-state index contributed by atoms with van der Waals surface area (Å²) in [5.41, 5.74) is 2.98. The van der Waals surface area contributed by atoms with Crippen LogP contribution in [0.5, 0.6) is 0 Å². The maximum atomic E-state index is 12.9. The molecule has 0 atom stereocenters. The zero-order chi connectivity index (χ0) is 21.5. The minimum absolute atomic E-state index is 0.0589. The van der Waals surface area contributed by atoms with E-state index in [0.29, 0.717) is 41.9 Å². The number of nitrogens with one attached hydrogen (secondary N) is 1. The second-order valence-corrected chi connectivity index (χ2v) is 8.50. The molecule has 3 rings (SSSR count). The highest BCUT2D eigenvalue weighted by Crippen LogP contribution is 2.28. The van der Waals surface area contributed by atoms with Gasteiger partial charge in [-0.15, -0.1) is 11.3 Å². The Kier molecular flexibility index (Phi) is 8.04. The number of methoxy groups -OCH3 is 1. The fourth-order valence-electron chi connectivity index (χ4n) is 3.96. The summed E-state index contributed by atoms with van der Waals surface area (Å²) in [5, 5.41) is 5.26. The molecule has 8 heteroatoms. The van der Waals surface area contributed by atoms with Gasteiger partial charge >= 0.3 is 5.97 Å². The highest BCUT2D eigenvalue weighted by molar-refractivity contribution is 7.11. The van der Waals surface area contributed by atoms with Crippen molar-refractivity contribution in [1.82, 2.24) is 14.9 Å². The Bertz CT molecular complexity index is 868. The summed E-state index contributed by atoms with van der Waals surface area (Å²) in [7, 11) is 1.65. The van der Waals surface area contributed by atoms with Gasteiger partial charge in [0.1, 0.15) is 0 Å². The lowest BCUT2D eigenvalue weighted by atomic mass is 9.89. The van der Waals surface area contributed by atoms with E-state index in [1.54, 1.807) is 14.0 Å². The third-order valence-electron chi connectivity index (χ3n) is 5.62. The SMILES string of the molecule is CCOC(=O)c1nc(-c2cc(C(=O)NCC3CCCCC3)c(C)n2CCOC)cs1. The summed E-state index contributed by atoms with van der Waals surface area (Å²) in [6.07, 6.45) is 6.19. The van der Waals surface area contributed by atoms with Gasteiger partial charge in [-0.1, -0.05) is 19.3 Å². The topological polar surface area (TPSA) is 82.5 Å². The van der Waals surface area contributed by atoms with Crippen molar-refractivity contribution in [3.05, 3.63) is 27.7 Å². The molecule has 1 amide bonds. The summed E-state index contributed by atoms with van der Waals surface area (Å²) in [4.78, 5) is 29.4. The van der Waals surface area contributed by atoms with Crippen molar-refractivity contribution in [1.29, 1.82) is 0 Å². The van der Waals surface area contributed by atoms with Gasteiger partial charge in [-0.3, -0.25) is 4.79 Å². The van der Waals surface area contributed by atoms with Gasteiger partial charge in [0.15, 0.2) is 0 Å². The molecule has 0 saturated heterocycles. The van der Waals surface area contributed by atoms with Gasteiger partial charge in [-0.25, -0.2) is 9.78 Å². The van der Waals surface area contributed by atoms with Crippen LogP contribution in [0.1, 0.15) is 64.9 Å². The minimum atomic E-state index is -0.425. The number of rotatable bonds is 9. The molecule has 30 heavy (non-hydrogen) atoms. The number of carbonyl (C=O) groups excluding carboxylic acids is 2. The fourth-order valence-corrected chi connectivity index (χ4v) is 4.66. The summed E-state index contributed by atoms with van der Waals surface area (Å²) in [5.74, 6) is 0.0889. The molecule has 1 fully saturated rings. The van der Waals surface area contributed by atoms with E-state index in [1.165, 1.54) is 43.4 Å². The first kappa shape index (κ1) is 22.5. The van der Waals surface area contributed by atoms with Crippen molar-refractivity contribution in [2.45, 2.75) is 52.5 Å². The summed E-state index contributed by atoms with van der Waals surface area (Å²) in [6.45, 7) is 5.85. The quantitative estimate of drug-likeness (QED) is 0.603. The molecular formula is C22H31N3O4S. The first-order chi connectivity index (χ1) is 14.5. The Balaban J connectivity index is 1.82. The van der Waals surface area contributed by atoms with Crippen LogP contribution in [0.25, 0.3) is 11.4 Å². The first-order valence-electron chi connectivity index (χ1n) is 10.6. The zero-order valence-electron chi connectivity index (χ0n) is 18.0. The first-order valence-corrected chi connectivity index (χ1v) is 11.5. The largest absolute Gasteiger partial charge is 0.461 e. The molecule has 0 aromatic carbocycles. The highest BCUT2D eigenvalue weighted by Gasteiger charge is 2.22. The maximum absolute atomic E-state index is 12.9. The lowest BCUT2D eigenvalue weighted by molar-refractivity contribution is 0.0526. The monoisotopic (exact) mass is 433 g/mol. The van der Waals surface area contributed by atoms with Crippen molar-refractivity contribution in [2.24, 2.45) is 5.92 Å². The van der Waals surface area contributed by atoms with Crippen LogP contribution in [0.3, 0.4) is 0 Å². The van der Waals surface area contributed by atoms with E-state index in [1.807, 2.05) is 22.9 Å². The second-order valence-electron chi connectivity index (χ2n) is 7.65. The molecule has 0 aliphatic heterocycles. The van der Waals surface area contributed by atoms with Gasteiger partial charge < -0.3 is 19.4 Å². The molecule has 0 radical (unpaired) electrons. The molecule has 2 aromatic heterocycles. The molecule has 1 saturated carbocycles. The van der Waals surface area contributed by atoms with Gasteiger partial charge in [-0.2, -0.15) is 0 Å². The number of ether oxygens (including phenoxy) is 2. The second kappa shape index (κ2) is 10.7. The highest BCUT2D eigenvalue weighted by atomic mass is 32.1. The lowest BCUT2D eigenvalue weighted by Gasteiger charge is -2.21. The van der Waals surface area contributed by atoms with E-state index in [9.17, 15) is 9.59 Å². The van der Waals surface area contributed by atoms with E-state index >= 15 is 0 Å². The van der Waals surface area contributed by atoms with E-state index in [0.717, 1.165) is 17.9 Å². The van der Waals surface area contributed by atoms with Gasteiger partial charge in [-0.05, 0) is 38.7 Å². The third kappa shape index (κ3) is 5.29. The lowest BCUT2D eigenvalue weighted by Crippen LogP contribution is -2.30. The van der Waals surface area contributed by atoms with Crippen molar-refractivity contribution in [3.63, 3.8) is 0 Å². The van der Waals surface area contributed by atoms with Crippen LogP contribution in [-0.2, 0) is 16.0 Å². The normalized spacial score (nSPS) is 14.6. The number of hydrogen-bond donors (Lipinski definition) is 1. The molecule has 2 aromatic rings. The van der Waals surface area contributed by atoms with Crippen molar-refractivity contribution in [3.8, 4) is 11.4 Å². The Morgan fingerprint density at radius 1 is 1.30 bits per heavy atom. The molecule has 1 aliphatic carbocycles. The van der Waals surface area contributed by atoms with Crippen molar-refractivity contribution >= 4 is 23.2 Å².